The molecule has 1 unspecified atom stereocenters. The van der Waals surface area contributed by atoms with Crippen molar-refractivity contribution >= 4 is 32.8 Å². The van der Waals surface area contributed by atoms with Crippen LogP contribution < -0.4 is 4.90 Å². The van der Waals surface area contributed by atoms with Gasteiger partial charge in [0.2, 0.25) is 0 Å². The molecule has 214 valence electrons. The summed E-state index contributed by atoms with van der Waals surface area (Å²) in [5.74, 6) is 1.22. The maximum Gasteiger partial charge on any atom is 0.340 e. The summed E-state index contributed by atoms with van der Waals surface area (Å²) in [6.45, 7) is 5.48. The molecule has 2 fully saturated rings. The van der Waals surface area contributed by atoms with Gasteiger partial charge in [-0.05, 0) is 57.1 Å². The molecule has 2 aliphatic heterocycles. The van der Waals surface area contributed by atoms with Crippen molar-refractivity contribution in [2.24, 2.45) is 0 Å². The first-order valence-electron chi connectivity index (χ1n) is 13.5. The number of rotatable bonds is 9. The molecule has 0 aliphatic carbocycles. The Hall–Kier alpha value is -2.67. The summed E-state index contributed by atoms with van der Waals surface area (Å²) in [5.41, 5.74) is 2.83. The fourth-order valence-corrected chi connectivity index (χ4v) is 5.55. The molecule has 0 amide bonds. The van der Waals surface area contributed by atoms with Crippen molar-refractivity contribution < 1.29 is 23.7 Å². The summed E-state index contributed by atoms with van der Waals surface area (Å²) in [6, 6.07) is 3.84. The molecule has 0 bridgehead atoms. The fourth-order valence-electron chi connectivity index (χ4n) is 4.93. The number of aromatic nitrogens is 5. The average Bonchev–Trinajstić information content (AvgIpc) is 3.56. The Bertz CT molecular complexity index is 1300. The van der Waals surface area contributed by atoms with Crippen LogP contribution in [0.5, 0.6) is 0 Å². The summed E-state index contributed by atoms with van der Waals surface area (Å²) >= 11 is 0. The SMILES string of the molecule is COC(=O)c1cc(N2CCOC[C@H]2C)nc2c(-c3ccn(C4CCCCO4)n3)nn(COCCS(C)(C)C)c12. The molecule has 39 heavy (non-hydrogen) atoms. The zero-order valence-corrected chi connectivity index (χ0v) is 24.4. The van der Waals surface area contributed by atoms with E-state index in [4.69, 9.17) is 34.1 Å². The minimum atomic E-state index is -0.697. The number of ether oxygens (including phenoxy) is 4. The van der Waals surface area contributed by atoms with Gasteiger partial charge in [-0.15, -0.1) is 0 Å². The van der Waals surface area contributed by atoms with Gasteiger partial charge in [-0.1, -0.05) is 0 Å². The third-order valence-corrected chi connectivity index (χ3v) is 8.50. The fraction of sp³-hybridized carbons (Fsp3) is 0.630. The van der Waals surface area contributed by atoms with Crippen molar-refractivity contribution in [2.45, 2.75) is 45.2 Å². The monoisotopic (exact) mass is 560 g/mol. The van der Waals surface area contributed by atoms with E-state index in [2.05, 4.69) is 30.6 Å². The van der Waals surface area contributed by atoms with Crippen LogP contribution in [0.25, 0.3) is 22.4 Å². The molecule has 0 radical (unpaired) electrons. The normalized spacial score (nSPS) is 20.9. The van der Waals surface area contributed by atoms with Gasteiger partial charge in [0.1, 0.15) is 41.2 Å². The number of esters is 1. The number of methoxy groups -OCH3 is 1. The quantitative estimate of drug-likeness (QED) is 0.286. The molecule has 12 heteroatoms. The lowest BCUT2D eigenvalue weighted by Crippen LogP contribution is -2.44. The highest BCUT2D eigenvalue weighted by atomic mass is 32.3. The average molecular weight is 561 g/mol. The number of pyridine rings is 1. The highest BCUT2D eigenvalue weighted by molar-refractivity contribution is 8.32. The Kier molecular flexibility index (Phi) is 8.46. The van der Waals surface area contributed by atoms with Crippen molar-refractivity contribution in [1.29, 1.82) is 0 Å². The molecule has 0 spiro atoms. The van der Waals surface area contributed by atoms with Gasteiger partial charge in [0.25, 0.3) is 0 Å². The second-order valence-electron chi connectivity index (χ2n) is 11.0. The number of nitrogens with zero attached hydrogens (tertiary/aromatic N) is 6. The Morgan fingerprint density at radius 2 is 2.05 bits per heavy atom. The third kappa shape index (κ3) is 6.24. The minimum Gasteiger partial charge on any atom is -0.465 e. The second kappa shape index (κ2) is 11.8. The Labute approximate surface area is 231 Å². The molecule has 0 saturated carbocycles. The van der Waals surface area contributed by atoms with E-state index in [1.165, 1.54) is 7.11 Å². The van der Waals surface area contributed by atoms with Crippen LogP contribution >= 0.6 is 10.0 Å². The Morgan fingerprint density at radius 1 is 1.21 bits per heavy atom. The van der Waals surface area contributed by atoms with Crippen molar-refractivity contribution in [3.63, 3.8) is 0 Å². The zero-order valence-electron chi connectivity index (χ0n) is 23.6. The van der Waals surface area contributed by atoms with Gasteiger partial charge < -0.3 is 23.8 Å². The van der Waals surface area contributed by atoms with E-state index >= 15 is 0 Å². The van der Waals surface area contributed by atoms with Crippen molar-refractivity contribution in [1.82, 2.24) is 24.5 Å². The molecule has 2 saturated heterocycles. The van der Waals surface area contributed by atoms with Gasteiger partial charge in [0.05, 0.1) is 38.5 Å². The van der Waals surface area contributed by atoms with Gasteiger partial charge in [0.15, 0.2) is 0 Å². The smallest absolute Gasteiger partial charge is 0.340 e. The summed E-state index contributed by atoms with van der Waals surface area (Å²) in [6.07, 6.45) is 11.7. The van der Waals surface area contributed by atoms with Crippen molar-refractivity contribution in [3.05, 3.63) is 23.9 Å². The van der Waals surface area contributed by atoms with Gasteiger partial charge in [-0.25, -0.2) is 29.2 Å². The second-order valence-corrected chi connectivity index (χ2v) is 15.6. The van der Waals surface area contributed by atoms with Crippen molar-refractivity contribution in [2.75, 3.05) is 69.5 Å². The summed E-state index contributed by atoms with van der Waals surface area (Å²) < 4.78 is 26.4. The van der Waals surface area contributed by atoms with Crippen LogP contribution in [0.15, 0.2) is 18.3 Å². The van der Waals surface area contributed by atoms with Crippen LogP contribution in [0, 0.1) is 0 Å². The molecule has 3 aromatic heterocycles. The number of fused-ring (bicyclic) bond motifs is 1. The largest absolute Gasteiger partial charge is 0.465 e. The zero-order chi connectivity index (χ0) is 27.6. The van der Waals surface area contributed by atoms with Gasteiger partial charge >= 0.3 is 5.97 Å². The summed E-state index contributed by atoms with van der Waals surface area (Å²) in [7, 11) is 0.693. The van der Waals surface area contributed by atoms with Crippen molar-refractivity contribution in [3.8, 4) is 11.4 Å². The lowest BCUT2D eigenvalue weighted by molar-refractivity contribution is -0.0393. The van der Waals surface area contributed by atoms with Crippen LogP contribution in [0.3, 0.4) is 0 Å². The van der Waals surface area contributed by atoms with E-state index in [0.29, 0.717) is 60.2 Å². The van der Waals surface area contributed by atoms with E-state index in [1.54, 1.807) is 10.7 Å². The molecular weight excluding hydrogens is 520 g/mol. The standard InChI is InChI=1S/C27H40N6O5S/c1-19-17-36-13-11-31(19)22-16-20(27(34)35-2)26-25(28-22)24(30-33(26)18-37-14-15-39(3,4)5)21-9-10-32(29-21)23-8-6-7-12-38-23/h9-10,16,19,23H,6-8,11-15,17-18H2,1-5H3/t19-,23?/m1/s1. The number of carbonyl (C=O) groups excluding carboxylic acids is 1. The molecule has 0 N–H and O–H groups in total. The maximum atomic E-state index is 13.1. The third-order valence-electron chi connectivity index (χ3n) is 7.10. The van der Waals surface area contributed by atoms with Gasteiger partial charge in [-0.2, -0.15) is 10.2 Å². The number of hydrogen-bond donors (Lipinski definition) is 0. The number of morpholine rings is 1. The first kappa shape index (κ1) is 27.9. The lowest BCUT2D eigenvalue weighted by Gasteiger charge is -2.34. The first-order chi connectivity index (χ1) is 18.7. The molecule has 5 heterocycles. The highest BCUT2D eigenvalue weighted by Crippen LogP contribution is 2.35. The van der Waals surface area contributed by atoms with Crippen LogP contribution in [0.2, 0.25) is 0 Å². The van der Waals surface area contributed by atoms with E-state index in [1.807, 2.05) is 16.9 Å². The summed E-state index contributed by atoms with van der Waals surface area (Å²) in [5, 5.41) is 9.74. The molecular formula is C27H40N6O5S. The van der Waals surface area contributed by atoms with Crippen LogP contribution in [-0.4, -0.2) is 101 Å². The molecule has 3 aromatic rings. The molecule has 5 rings (SSSR count). The van der Waals surface area contributed by atoms with E-state index in [9.17, 15) is 4.79 Å². The van der Waals surface area contributed by atoms with Gasteiger partial charge in [0, 0.05) is 25.1 Å². The minimum absolute atomic E-state index is 0.0903. The van der Waals surface area contributed by atoms with Crippen LogP contribution in [0.4, 0.5) is 5.82 Å². The predicted octanol–water partition coefficient (Wildman–Crippen LogP) is 3.67. The highest BCUT2D eigenvalue weighted by Gasteiger charge is 2.28. The topological polar surface area (TPSA) is 106 Å². The van der Waals surface area contributed by atoms with E-state index in [0.717, 1.165) is 31.6 Å². The van der Waals surface area contributed by atoms with E-state index < -0.39 is 16.0 Å². The Morgan fingerprint density at radius 3 is 2.77 bits per heavy atom. The Balaban J connectivity index is 1.59. The molecule has 2 aliphatic rings. The summed E-state index contributed by atoms with van der Waals surface area (Å²) in [4.78, 5) is 20.3. The molecule has 0 aromatic carbocycles. The molecule has 11 nitrogen and oxygen atoms in total. The van der Waals surface area contributed by atoms with Crippen LogP contribution in [0.1, 0.15) is 42.8 Å². The molecule has 2 atom stereocenters. The predicted molar refractivity (Wildman–Crippen MR) is 153 cm³/mol. The van der Waals surface area contributed by atoms with Crippen LogP contribution in [-0.2, 0) is 25.7 Å². The maximum absolute atomic E-state index is 13.1. The van der Waals surface area contributed by atoms with E-state index in [-0.39, 0.29) is 19.0 Å². The first-order valence-corrected chi connectivity index (χ1v) is 16.5. The lowest BCUT2D eigenvalue weighted by atomic mass is 10.1. The number of hydrogen-bond acceptors (Lipinski definition) is 9. The number of carbonyl (C=O) groups is 1. The number of anilines is 1. The van der Waals surface area contributed by atoms with Gasteiger partial charge in [-0.3, -0.25) is 0 Å².